The Morgan fingerprint density at radius 3 is 2.34 bits per heavy atom. The van der Waals surface area contributed by atoms with E-state index in [9.17, 15) is 10.1 Å². The van der Waals surface area contributed by atoms with Crippen LogP contribution in [0, 0.1) is 11.3 Å². The van der Waals surface area contributed by atoms with E-state index in [1.807, 2.05) is 72.8 Å². The lowest BCUT2D eigenvalue weighted by Crippen LogP contribution is -2.46. The number of nitrogens with two attached hydrogens (primary N) is 1. The fourth-order valence-corrected chi connectivity index (χ4v) is 7.28. The van der Waals surface area contributed by atoms with Crippen LogP contribution in [0.2, 0.25) is 0 Å². The SMILES string of the molecule is CC(=O)Nc1ccc(-n2nncc2CN2C(=O)C3(C(C#N)=C(N)Oc4c3c3nc5ccccc5nc3c3ccccc43)c3ccccc32)cc1. The second kappa shape index (κ2) is 10.7. The Hall–Kier alpha value is -7.13. The van der Waals surface area contributed by atoms with E-state index < -0.39 is 11.3 Å². The van der Waals surface area contributed by atoms with Crippen LogP contribution in [0.3, 0.4) is 0 Å². The Morgan fingerprint density at radius 1 is 0.920 bits per heavy atom. The number of fused-ring (bicyclic) bond motifs is 10. The van der Waals surface area contributed by atoms with Crippen molar-refractivity contribution in [3.8, 4) is 17.5 Å². The molecule has 1 atom stereocenters. The summed E-state index contributed by atoms with van der Waals surface area (Å²) in [5, 5.41) is 23.5. The maximum atomic E-state index is 15.5. The van der Waals surface area contributed by atoms with Gasteiger partial charge in [-0.3, -0.25) is 9.59 Å². The molecule has 2 aromatic heterocycles. The predicted octanol–water partition coefficient (Wildman–Crippen LogP) is 5.39. The topological polar surface area (TPSA) is 165 Å². The smallest absolute Gasteiger partial charge is 0.248 e. The van der Waals surface area contributed by atoms with Crippen LogP contribution in [0.25, 0.3) is 38.5 Å². The van der Waals surface area contributed by atoms with Crippen LogP contribution in [0.4, 0.5) is 11.4 Å². The van der Waals surface area contributed by atoms with Gasteiger partial charge in [0, 0.05) is 40.2 Å². The Morgan fingerprint density at radius 2 is 1.60 bits per heavy atom. The molecule has 12 heteroatoms. The normalized spacial score (nSPS) is 16.5. The predicted molar refractivity (Wildman–Crippen MR) is 186 cm³/mol. The number of nitrogens with one attached hydrogen (secondary N) is 1. The maximum absolute atomic E-state index is 15.5. The van der Waals surface area contributed by atoms with E-state index >= 15 is 4.79 Å². The van der Waals surface area contributed by atoms with Crippen molar-refractivity contribution in [2.75, 3.05) is 10.2 Å². The molecule has 3 N–H and O–H groups in total. The Balaban J connectivity index is 1.29. The number of amides is 2. The van der Waals surface area contributed by atoms with E-state index in [-0.39, 0.29) is 23.9 Å². The first-order chi connectivity index (χ1) is 24.4. The molecular formula is C38H25N9O3. The average Bonchev–Trinajstić information content (AvgIpc) is 3.69. The van der Waals surface area contributed by atoms with Gasteiger partial charge < -0.3 is 20.7 Å². The minimum atomic E-state index is -1.71. The highest BCUT2D eigenvalue weighted by Gasteiger charge is 2.60. The van der Waals surface area contributed by atoms with Crippen LogP contribution in [0.1, 0.15) is 23.7 Å². The summed E-state index contributed by atoms with van der Waals surface area (Å²) in [5.74, 6) is -0.386. The van der Waals surface area contributed by atoms with Gasteiger partial charge in [0.1, 0.15) is 22.8 Å². The lowest BCUT2D eigenvalue weighted by molar-refractivity contribution is -0.121. The molecule has 4 heterocycles. The summed E-state index contributed by atoms with van der Waals surface area (Å²) >= 11 is 0. The Bertz CT molecular complexity index is 2680. The number of hydrogen-bond acceptors (Lipinski definition) is 9. The van der Waals surface area contributed by atoms with Crippen molar-refractivity contribution in [2.45, 2.75) is 18.9 Å². The van der Waals surface area contributed by atoms with E-state index in [0.717, 1.165) is 5.39 Å². The fourth-order valence-electron chi connectivity index (χ4n) is 7.28. The summed E-state index contributed by atoms with van der Waals surface area (Å²) < 4.78 is 7.95. The zero-order valence-corrected chi connectivity index (χ0v) is 26.5. The highest BCUT2D eigenvalue weighted by molar-refractivity contribution is 6.20. The van der Waals surface area contributed by atoms with E-state index in [2.05, 4.69) is 21.7 Å². The van der Waals surface area contributed by atoms with Crippen LogP contribution in [-0.4, -0.2) is 36.8 Å². The van der Waals surface area contributed by atoms with E-state index in [0.29, 0.717) is 67.1 Å². The molecule has 0 bridgehead atoms. The number of carbonyl (C=O) groups is 2. The summed E-state index contributed by atoms with van der Waals surface area (Å²) in [6, 6.07) is 31.9. The highest BCUT2D eigenvalue weighted by atomic mass is 16.5. The Labute approximate surface area is 284 Å². The second-order valence-electron chi connectivity index (χ2n) is 12.1. The average molecular weight is 656 g/mol. The number of benzene rings is 5. The number of carbonyl (C=O) groups excluding carboxylic acids is 2. The molecule has 5 aromatic carbocycles. The first kappa shape index (κ1) is 29.0. The quantitative estimate of drug-likeness (QED) is 0.187. The third kappa shape index (κ3) is 3.97. The molecule has 12 nitrogen and oxygen atoms in total. The number of rotatable bonds is 4. The number of hydrogen-bond donors (Lipinski definition) is 2. The summed E-state index contributed by atoms with van der Waals surface area (Å²) in [6.45, 7) is 1.51. The fraction of sp³-hybridized carbons (Fsp3) is 0.0789. The van der Waals surface area contributed by atoms with Gasteiger partial charge in [-0.2, -0.15) is 5.26 Å². The lowest BCUT2D eigenvalue weighted by atomic mass is 9.67. The third-order valence-corrected chi connectivity index (χ3v) is 9.32. The first-order valence-corrected chi connectivity index (χ1v) is 15.8. The van der Waals surface area contributed by atoms with Crippen molar-refractivity contribution in [3.63, 3.8) is 0 Å². The van der Waals surface area contributed by atoms with Gasteiger partial charge in [0.15, 0.2) is 0 Å². The maximum Gasteiger partial charge on any atom is 0.248 e. The van der Waals surface area contributed by atoms with Crippen LogP contribution >= 0.6 is 0 Å². The van der Waals surface area contributed by atoms with Crippen molar-refractivity contribution in [2.24, 2.45) is 5.73 Å². The first-order valence-electron chi connectivity index (χ1n) is 15.8. The van der Waals surface area contributed by atoms with Gasteiger partial charge >= 0.3 is 0 Å². The van der Waals surface area contributed by atoms with Crippen LogP contribution in [-0.2, 0) is 21.5 Å². The molecule has 240 valence electrons. The molecule has 0 saturated carbocycles. The van der Waals surface area contributed by atoms with Gasteiger partial charge in [-0.15, -0.1) is 5.10 Å². The molecule has 7 aromatic rings. The molecule has 0 fully saturated rings. The minimum absolute atomic E-state index is 0.0308. The third-order valence-electron chi connectivity index (χ3n) is 9.32. The van der Waals surface area contributed by atoms with Gasteiger partial charge in [-0.25, -0.2) is 14.6 Å². The lowest BCUT2D eigenvalue weighted by Gasteiger charge is -2.35. The number of nitrogens with zero attached hydrogens (tertiary/aromatic N) is 7. The number of anilines is 2. The number of nitriles is 1. The van der Waals surface area contributed by atoms with Gasteiger partial charge in [0.05, 0.1) is 46.2 Å². The van der Waals surface area contributed by atoms with Gasteiger partial charge in [-0.05, 0) is 42.5 Å². The zero-order valence-electron chi connectivity index (χ0n) is 26.5. The minimum Gasteiger partial charge on any atom is -0.439 e. The van der Waals surface area contributed by atoms with Gasteiger partial charge in [-0.1, -0.05) is 59.8 Å². The molecule has 2 amide bonds. The van der Waals surface area contributed by atoms with Crippen LogP contribution in [0.15, 0.2) is 115 Å². The molecular weight excluding hydrogens is 630 g/mol. The van der Waals surface area contributed by atoms with E-state index in [4.69, 9.17) is 20.4 Å². The van der Waals surface area contributed by atoms with Crippen molar-refractivity contribution in [1.29, 1.82) is 5.26 Å². The standard InChI is InChI=1S/C38H25N9O3/c1-21(48)42-22-14-16-23(17-15-22)47-24(19-41-45-47)20-46-31-13-7-4-10-27(31)38(37(46)49)28(18-39)36(40)50-35-26-9-3-2-8-25(26)33-34(32(35)38)44-30-12-6-5-11-29(30)43-33/h2-17,19H,20,40H2,1H3,(H,42,48). The highest BCUT2D eigenvalue weighted by Crippen LogP contribution is 2.58. The number of para-hydroxylation sites is 3. The summed E-state index contributed by atoms with van der Waals surface area (Å²) in [4.78, 5) is 38.8. The molecule has 1 unspecified atom stereocenters. The molecule has 0 aliphatic carbocycles. The number of aromatic nitrogens is 5. The van der Waals surface area contributed by atoms with Gasteiger partial charge in [0.2, 0.25) is 17.7 Å². The molecule has 0 saturated heterocycles. The molecule has 2 aliphatic heterocycles. The molecule has 50 heavy (non-hydrogen) atoms. The van der Waals surface area contributed by atoms with Gasteiger partial charge in [0.25, 0.3) is 0 Å². The van der Waals surface area contributed by atoms with Crippen LogP contribution in [0.5, 0.6) is 5.75 Å². The monoisotopic (exact) mass is 655 g/mol. The van der Waals surface area contributed by atoms with Crippen molar-refractivity contribution in [1.82, 2.24) is 25.0 Å². The van der Waals surface area contributed by atoms with Crippen LogP contribution < -0.4 is 20.7 Å². The Kier molecular flexibility index (Phi) is 6.21. The molecule has 1 spiro atoms. The second-order valence-corrected chi connectivity index (χ2v) is 12.1. The van der Waals surface area contributed by atoms with E-state index in [1.54, 1.807) is 40.0 Å². The molecule has 2 aliphatic rings. The largest absolute Gasteiger partial charge is 0.439 e. The van der Waals surface area contributed by atoms with E-state index in [1.165, 1.54) is 6.92 Å². The summed E-state index contributed by atoms with van der Waals surface area (Å²) in [5.41, 5.74) is 10.7. The molecule has 9 rings (SSSR count). The summed E-state index contributed by atoms with van der Waals surface area (Å²) in [6.07, 6.45) is 1.59. The zero-order chi connectivity index (χ0) is 34.1. The molecule has 0 radical (unpaired) electrons. The van der Waals surface area contributed by atoms with Crippen molar-refractivity contribution < 1.29 is 14.3 Å². The van der Waals surface area contributed by atoms with Crippen molar-refractivity contribution >= 4 is 56.0 Å². The van der Waals surface area contributed by atoms with Crippen molar-refractivity contribution in [3.05, 3.63) is 132 Å². The summed E-state index contributed by atoms with van der Waals surface area (Å²) in [7, 11) is 0. The number of ether oxygens (including phenoxy) is 1.